The largest absolute Gasteiger partial charge is 0.406 e. The van der Waals surface area contributed by atoms with Crippen LogP contribution in [0.1, 0.15) is 16.1 Å². The lowest BCUT2D eigenvalue weighted by Gasteiger charge is -2.18. The molecular weight excluding hydrogens is 353 g/mol. The lowest BCUT2D eigenvalue weighted by atomic mass is 10.2. The maximum absolute atomic E-state index is 12.5. The number of halogens is 3. The van der Waals surface area contributed by atoms with Gasteiger partial charge in [0.25, 0.3) is 11.5 Å². The molecule has 1 N–H and O–H groups in total. The van der Waals surface area contributed by atoms with E-state index in [2.05, 4.69) is 5.10 Å². The molecule has 1 aliphatic rings. The zero-order valence-corrected chi connectivity index (χ0v) is 13.7. The van der Waals surface area contributed by atoms with Gasteiger partial charge in [0.2, 0.25) is 5.91 Å². The molecule has 0 radical (unpaired) electrons. The number of aromatic nitrogens is 2. The molecule has 1 saturated heterocycles. The quantitative estimate of drug-likeness (QED) is 0.887. The van der Waals surface area contributed by atoms with Crippen molar-refractivity contribution in [2.24, 2.45) is 0 Å². The van der Waals surface area contributed by atoms with Gasteiger partial charge in [-0.25, -0.2) is 4.68 Å². The van der Waals surface area contributed by atoms with Gasteiger partial charge in [-0.15, -0.1) is 0 Å². The molecule has 1 aliphatic heterocycles. The number of aromatic amines is 1. The van der Waals surface area contributed by atoms with Crippen LogP contribution in [0.25, 0.3) is 5.69 Å². The van der Waals surface area contributed by atoms with E-state index in [4.69, 9.17) is 0 Å². The first-order chi connectivity index (χ1) is 12.1. The summed E-state index contributed by atoms with van der Waals surface area (Å²) in [6, 6.07) is 8.01. The zero-order chi connectivity index (χ0) is 19.1. The van der Waals surface area contributed by atoms with E-state index in [1.165, 1.54) is 0 Å². The third-order valence-corrected chi connectivity index (χ3v) is 3.92. The van der Waals surface area contributed by atoms with E-state index in [0.717, 1.165) is 21.2 Å². The number of aryl methyl sites for hydroxylation is 1. The first-order valence-corrected chi connectivity index (χ1v) is 7.67. The molecule has 0 spiro atoms. The third-order valence-electron chi connectivity index (χ3n) is 3.92. The van der Waals surface area contributed by atoms with E-state index in [0.29, 0.717) is 10.6 Å². The molecule has 0 unspecified atom stereocenters. The van der Waals surface area contributed by atoms with Gasteiger partial charge in [-0.05, 0) is 19.1 Å². The Hall–Kier alpha value is -3.04. The second-order valence-corrected chi connectivity index (χ2v) is 6.03. The van der Waals surface area contributed by atoms with Gasteiger partial charge in [-0.3, -0.25) is 19.5 Å². The van der Waals surface area contributed by atoms with Crippen molar-refractivity contribution < 1.29 is 22.8 Å². The van der Waals surface area contributed by atoms with E-state index in [1.807, 2.05) is 6.92 Å². The number of hydrogen-bond donors (Lipinski definition) is 1. The van der Waals surface area contributed by atoms with Gasteiger partial charge in [-0.1, -0.05) is 17.7 Å². The summed E-state index contributed by atoms with van der Waals surface area (Å²) in [6.07, 6.45) is -4.54. The number of carbonyl (C=O) groups is 2. The van der Waals surface area contributed by atoms with Crippen molar-refractivity contribution in [3.05, 3.63) is 51.9 Å². The van der Waals surface area contributed by atoms with Gasteiger partial charge in [0.1, 0.15) is 18.8 Å². The van der Waals surface area contributed by atoms with Crippen LogP contribution in [-0.4, -0.2) is 57.3 Å². The topological polar surface area (TPSA) is 78.4 Å². The minimum Gasteiger partial charge on any atom is -0.314 e. The second kappa shape index (κ2) is 6.36. The molecule has 1 aromatic heterocycles. The molecule has 7 nitrogen and oxygen atoms in total. The minimum atomic E-state index is -4.54. The van der Waals surface area contributed by atoms with E-state index < -0.39 is 43.3 Å². The van der Waals surface area contributed by atoms with Gasteiger partial charge in [0.15, 0.2) is 0 Å². The van der Waals surface area contributed by atoms with Crippen LogP contribution in [0.4, 0.5) is 13.2 Å². The number of benzene rings is 1. The van der Waals surface area contributed by atoms with Gasteiger partial charge >= 0.3 is 6.18 Å². The number of rotatable bonds is 3. The molecule has 2 heterocycles. The van der Waals surface area contributed by atoms with Crippen LogP contribution in [-0.2, 0) is 4.79 Å². The molecule has 2 aromatic rings. The highest BCUT2D eigenvalue weighted by Gasteiger charge is 2.39. The van der Waals surface area contributed by atoms with Crippen LogP contribution in [0.15, 0.2) is 35.1 Å². The Bertz CT molecular complexity index is 899. The fourth-order valence-corrected chi connectivity index (χ4v) is 2.65. The minimum absolute atomic E-state index is 0.0998. The van der Waals surface area contributed by atoms with Crippen molar-refractivity contribution in [3.8, 4) is 5.69 Å². The Morgan fingerprint density at radius 3 is 2.46 bits per heavy atom. The highest BCUT2D eigenvalue weighted by Crippen LogP contribution is 2.20. The Morgan fingerprint density at radius 2 is 1.85 bits per heavy atom. The predicted octanol–water partition coefficient (Wildman–Crippen LogP) is 1.28. The molecule has 3 rings (SSSR count). The second-order valence-electron chi connectivity index (χ2n) is 6.03. The summed E-state index contributed by atoms with van der Waals surface area (Å²) in [5.74, 6) is -1.51. The number of alkyl halides is 3. The Balaban J connectivity index is 1.79. The molecule has 0 bridgehead atoms. The fourth-order valence-electron chi connectivity index (χ4n) is 2.65. The normalized spacial score (nSPS) is 15.0. The third kappa shape index (κ3) is 3.63. The summed E-state index contributed by atoms with van der Waals surface area (Å²) in [5, 5.41) is 2.63. The number of carbonyl (C=O) groups excluding carboxylic acids is 2. The molecule has 1 fully saturated rings. The van der Waals surface area contributed by atoms with Gasteiger partial charge in [0.05, 0.1) is 12.4 Å². The van der Waals surface area contributed by atoms with Crippen LogP contribution < -0.4 is 5.56 Å². The Morgan fingerprint density at radius 1 is 1.19 bits per heavy atom. The summed E-state index contributed by atoms with van der Waals surface area (Å²) in [4.78, 5) is 37.7. The molecule has 26 heavy (non-hydrogen) atoms. The molecule has 2 amide bonds. The van der Waals surface area contributed by atoms with Gasteiger partial charge in [-0.2, -0.15) is 13.2 Å². The summed E-state index contributed by atoms with van der Waals surface area (Å²) >= 11 is 0. The zero-order valence-electron chi connectivity index (χ0n) is 13.7. The monoisotopic (exact) mass is 368 g/mol. The summed E-state index contributed by atoms with van der Waals surface area (Å²) < 4.78 is 38.5. The van der Waals surface area contributed by atoms with E-state index in [-0.39, 0.29) is 5.69 Å². The van der Waals surface area contributed by atoms with Gasteiger partial charge in [0, 0.05) is 6.07 Å². The van der Waals surface area contributed by atoms with Crippen molar-refractivity contribution in [2.75, 3.05) is 19.8 Å². The first kappa shape index (κ1) is 17.8. The van der Waals surface area contributed by atoms with Crippen LogP contribution in [0.3, 0.4) is 0 Å². The van der Waals surface area contributed by atoms with Crippen molar-refractivity contribution in [1.29, 1.82) is 0 Å². The SMILES string of the molecule is Cc1ccc(-n2[nH]c(C(=O)N3CC(=O)N(CC(F)(F)F)C3)cc2=O)cc1. The lowest BCUT2D eigenvalue weighted by Crippen LogP contribution is -2.37. The van der Waals surface area contributed by atoms with Crippen LogP contribution in [0.2, 0.25) is 0 Å². The number of nitrogens with one attached hydrogen (secondary N) is 1. The first-order valence-electron chi connectivity index (χ1n) is 7.67. The molecular formula is C16H15F3N4O3. The van der Waals surface area contributed by atoms with E-state index in [9.17, 15) is 27.6 Å². The number of nitrogens with zero attached hydrogens (tertiary/aromatic N) is 3. The van der Waals surface area contributed by atoms with Crippen LogP contribution in [0, 0.1) is 6.92 Å². The molecule has 138 valence electrons. The van der Waals surface area contributed by atoms with E-state index in [1.54, 1.807) is 24.3 Å². The maximum atomic E-state index is 12.5. The average molecular weight is 368 g/mol. The maximum Gasteiger partial charge on any atom is 0.406 e. The average Bonchev–Trinajstić information content (AvgIpc) is 3.10. The number of hydrogen-bond acceptors (Lipinski definition) is 3. The molecule has 0 atom stereocenters. The van der Waals surface area contributed by atoms with Crippen LogP contribution in [0.5, 0.6) is 0 Å². The molecule has 0 aliphatic carbocycles. The standard InChI is InChI=1S/C16H15F3N4O3/c1-10-2-4-11(5-3-10)23-13(24)6-12(20-23)15(26)21-7-14(25)22(9-21)8-16(17,18)19/h2-6,20H,7-9H2,1H3. The predicted molar refractivity (Wildman–Crippen MR) is 84.8 cm³/mol. The van der Waals surface area contributed by atoms with E-state index >= 15 is 0 Å². The fraction of sp³-hybridized carbons (Fsp3) is 0.312. The van der Waals surface area contributed by atoms with Crippen molar-refractivity contribution in [2.45, 2.75) is 13.1 Å². The highest BCUT2D eigenvalue weighted by molar-refractivity contribution is 5.96. The Labute approximate surface area is 145 Å². The lowest BCUT2D eigenvalue weighted by molar-refractivity contribution is -0.157. The molecule has 10 heteroatoms. The van der Waals surface area contributed by atoms with Gasteiger partial charge < -0.3 is 9.80 Å². The summed E-state index contributed by atoms with van der Waals surface area (Å²) in [7, 11) is 0. The number of amides is 2. The summed E-state index contributed by atoms with van der Waals surface area (Å²) in [5.41, 5.74) is 0.910. The molecule has 0 saturated carbocycles. The summed E-state index contributed by atoms with van der Waals surface area (Å²) in [6.45, 7) is -0.481. The smallest absolute Gasteiger partial charge is 0.314 e. The van der Waals surface area contributed by atoms with Crippen LogP contribution >= 0.6 is 0 Å². The van der Waals surface area contributed by atoms with Crippen molar-refractivity contribution >= 4 is 11.8 Å². The Kier molecular flexibility index (Phi) is 4.34. The number of H-pyrrole nitrogens is 1. The van der Waals surface area contributed by atoms with Crippen molar-refractivity contribution in [3.63, 3.8) is 0 Å². The van der Waals surface area contributed by atoms with Crippen molar-refractivity contribution in [1.82, 2.24) is 19.6 Å². The highest BCUT2D eigenvalue weighted by atomic mass is 19.4. The molecule has 1 aromatic carbocycles.